The molecule has 1 aromatic carbocycles. The van der Waals surface area contributed by atoms with Crippen LogP contribution in [0.15, 0.2) is 54.7 Å². The van der Waals surface area contributed by atoms with Gasteiger partial charge in [0.2, 0.25) is 0 Å². The van der Waals surface area contributed by atoms with Crippen molar-refractivity contribution in [3.8, 4) is 0 Å². The van der Waals surface area contributed by atoms with E-state index in [0.29, 0.717) is 0 Å². The second-order valence-corrected chi connectivity index (χ2v) is 5.22. The van der Waals surface area contributed by atoms with Gasteiger partial charge in [-0.15, -0.1) is 0 Å². The summed E-state index contributed by atoms with van der Waals surface area (Å²) >= 11 is 0. The first-order valence-corrected chi connectivity index (χ1v) is 7.21. The summed E-state index contributed by atoms with van der Waals surface area (Å²) in [5, 5.41) is 4.56. The summed E-state index contributed by atoms with van der Waals surface area (Å²) in [6.07, 6.45) is 2.69. The quantitative estimate of drug-likeness (QED) is 0.794. The van der Waals surface area contributed by atoms with E-state index in [1.165, 1.54) is 10.9 Å². The molecule has 0 aliphatic rings. The minimum atomic E-state index is 0.229. The molecule has 1 N–H and O–H groups in total. The molecule has 0 fully saturated rings. The van der Waals surface area contributed by atoms with Crippen LogP contribution in [0.5, 0.6) is 0 Å². The van der Waals surface area contributed by atoms with E-state index in [4.69, 9.17) is 4.98 Å². The first-order chi connectivity index (χ1) is 10.3. The van der Waals surface area contributed by atoms with Crippen molar-refractivity contribution in [3.63, 3.8) is 0 Å². The van der Waals surface area contributed by atoms with Gasteiger partial charge in [0, 0.05) is 35.4 Å². The van der Waals surface area contributed by atoms with E-state index in [9.17, 15) is 0 Å². The molecule has 1 atom stereocenters. The third-order valence-electron chi connectivity index (χ3n) is 3.84. The van der Waals surface area contributed by atoms with Gasteiger partial charge in [-0.3, -0.25) is 9.97 Å². The van der Waals surface area contributed by atoms with Gasteiger partial charge < -0.3 is 5.32 Å². The molecule has 3 aromatic rings. The molecular weight excluding hydrogens is 258 g/mol. The minimum Gasteiger partial charge on any atom is -0.313 e. The lowest BCUT2D eigenvalue weighted by Gasteiger charge is -2.18. The number of nitrogens with one attached hydrogen (secondary N) is 1. The SMILES string of the molecule is CNC(Cc1ccc2ccccc2n1)c1cccnc1C. The van der Waals surface area contributed by atoms with E-state index < -0.39 is 0 Å². The van der Waals surface area contributed by atoms with Gasteiger partial charge in [0.1, 0.15) is 0 Å². The number of aromatic nitrogens is 2. The van der Waals surface area contributed by atoms with Gasteiger partial charge in [0.05, 0.1) is 5.52 Å². The molecule has 0 saturated heterocycles. The molecule has 106 valence electrons. The number of hydrogen-bond donors (Lipinski definition) is 1. The van der Waals surface area contributed by atoms with Crippen LogP contribution in [0, 0.1) is 6.92 Å². The number of benzene rings is 1. The lowest BCUT2D eigenvalue weighted by molar-refractivity contribution is 0.579. The van der Waals surface area contributed by atoms with E-state index in [0.717, 1.165) is 23.3 Å². The van der Waals surface area contributed by atoms with Crippen LogP contribution in [0.3, 0.4) is 0 Å². The van der Waals surface area contributed by atoms with Crippen molar-refractivity contribution in [3.05, 3.63) is 71.7 Å². The average Bonchev–Trinajstić information content (AvgIpc) is 2.53. The molecule has 0 saturated carbocycles. The Balaban J connectivity index is 1.90. The van der Waals surface area contributed by atoms with Gasteiger partial charge in [-0.2, -0.15) is 0 Å². The van der Waals surface area contributed by atoms with E-state index in [-0.39, 0.29) is 6.04 Å². The van der Waals surface area contributed by atoms with Gasteiger partial charge in [-0.05, 0) is 37.7 Å². The predicted octanol–water partition coefficient (Wildman–Crippen LogP) is 3.44. The van der Waals surface area contributed by atoms with Crippen LogP contribution in [0.2, 0.25) is 0 Å². The average molecular weight is 277 g/mol. The van der Waals surface area contributed by atoms with Crippen molar-refractivity contribution in [1.29, 1.82) is 0 Å². The Kier molecular flexibility index (Phi) is 3.93. The molecule has 0 bridgehead atoms. The third kappa shape index (κ3) is 2.93. The summed E-state index contributed by atoms with van der Waals surface area (Å²) in [7, 11) is 1.98. The smallest absolute Gasteiger partial charge is 0.0705 e. The van der Waals surface area contributed by atoms with Gasteiger partial charge in [0.15, 0.2) is 0 Å². The van der Waals surface area contributed by atoms with Crippen molar-refractivity contribution in [2.24, 2.45) is 0 Å². The Morgan fingerprint density at radius 1 is 1.05 bits per heavy atom. The Morgan fingerprint density at radius 3 is 2.71 bits per heavy atom. The maximum absolute atomic E-state index is 4.76. The third-order valence-corrected chi connectivity index (χ3v) is 3.84. The van der Waals surface area contributed by atoms with Crippen molar-refractivity contribution in [1.82, 2.24) is 15.3 Å². The highest BCUT2D eigenvalue weighted by Gasteiger charge is 2.13. The second-order valence-electron chi connectivity index (χ2n) is 5.22. The molecule has 3 rings (SSSR count). The van der Waals surface area contributed by atoms with Gasteiger partial charge >= 0.3 is 0 Å². The highest BCUT2D eigenvalue weighted by Crippen LogP contribution is 2.21. The van der Waals surface area contributed by atoms with Gasteiger partial charge in [-0.1, -0.05) is 30.3 Å². The largest absolute Gasteiger partial charge is 0.313 e. The van der Waals surface area contributed by atoms with Crippen LogP contribution < -0.4 is 5.32 Å². The van der Waals surface area contributed by atoms with Crippen LogP contribution in [-0.4, -0.2) is 17.0 Å². The first kappa shape index (κ1) is 13.7. The van der Waals surface area contributed by atoms with Crippen molar-refractivity contribution in [2.45, 2.75) is 19.4 Å². The standard InChI is InChI=1S/C18H19N3/c1-13-16(7-5-11-20-13)18(19-2)12-15-10-9-14-6-3-4-8-17(14)21-15/h3-11,18-19H,12H2,1-2H3. The van der Waals surface area contributed by atoms with Crippen LogP contribution in [-0.2, 0) is 6.42 Å². The number of hydrogen-bond acceptors (Lipinski definition) is 3. The zero-order valence-corrected chi connectivity index (χ0v) is 12.4. The number of pyridine rings is 2. The lowest BCUT2D eigenvalue weighted by Crippen LogP contribution is -2.20. The molecule has 0 spiro atoms. The highest BCUT2D eigenvalue weighted by molar-refractivity contribution is 5.78. The number of nitrogens with zero attached hydrogens (tertiary/aromatic N) is 2. The fraction of sp³-hybridized carbons (Fsp3) is 0.222. The highest BCUT2D eigenvalue weighted by atomic mass is 14.9. The molecule has 0 radical (unpaired) electrons. The van der Waals surface area contributed by atoms with Crippen molar-refractivity contribution < 1.29 is 0 Å². The zero-order chi connectivity index (χ0) is 14.7. The predicted molar refractivity (Wildman–Crippen MR) is 86.2 cm³/mol. The molecule has 3 heteroatoms. The van der Waals surface area contributed by atoms with E-state index in [1.807, 2.05) is 38.4 Å². The molecule has 21 heavy (non-hydrogen) atoms. The topological polar surface area (TPSA) is 37.8 Å². The fourth-order valence-electron chi connectivity index (χ4n) is 2.66. The van der Waals surface area contributed by atoms with Crippen molar-refractivity contribution >= 4 is 10.9 Å². The first-order valence-electron chi connectivity index (χ1n) is 7.21. The molecule has 2 aromatic heterocycles. The van der Waals surface area contributed by atoms with Crippen LogP contribution in [0.25, 0.3) is 10.9 Å². The second kappa shape index (κ2) is 6.02. The Bertz CT molecular complexity index is 752. The zero-order valence-electron chi connectivity index (χ0n) is 12.4. The monoisotopic (exact) mass is 277 g/mol. The molecule has 1 unspecified atom stereocenters. The number of rotatable bonds is 4. The maximum Gasteiger partial charge on any atom is 0.0705 e. The summed E-state index contributed by atoms with van der Waals surface area (Å²) in [6.45, 7) is 2.05. The molecule has 2 heterocycles. The summed E-state index contributed by atoms with van der Waals surface area (Å²) in [6, 6.07) is 16.8. The van der Waals surface area contributed by atoms with Gasteiger partial charge in [0.25, 0.3) is 0 Å². The molecule has 3 nitrogen and oxygen atoms in total. The van der Waals surface area contributed by atoms with E-state index in [2.05, 4.69) is 40.6 Å². The summed E-state index contributed by atoms with van der Waals surface area (Å²) in [4.78, 5) is 9.14. The van der Waals surface area contributed by atoms with Crippen LogP contribution in [0.1, 0.15) is 23.0 Å². The molecule has 0 amide bonds. The Hall–Kier alpha value is -2.26. The Labute approximate surface area is 125 Å². The lowest BCUT2D eigenvalue weighted by atomic mass is 10.0. The van der Waals surface area contributed by atoms with E-state index in [1.54, 1.807) is 0 Å². The normalized spacial score (nSPS) is 12.5. The summed E-state index contributed by atoms with van der Waals surface area (Å²) in [5.74, 6) is 0. The number of likely N-dealkylation sites (N-methyl/N-ethyl adjacent to an activating group) is 1. The van der Waals surface area contributed by atoms with Gasteiger partial charge in [-0.25, -0.2) is 0 Å². The summed E-state index contributed by atoms with van der Waals surface area (Å²) < 4.78 is 0. The Morgan fingerprint density at radius 2 is 1.90 bits per heavy atom. The number of para-hydroxylation sites is 1. The number of fused-ring (bicyclic) bond motifs is 1. The van der Waals surface area contributed by atoms with Crippen LogP contribution in [0.4, 0.5) is 0 Å². The maximum atomic E-state index is 4.76. The number of aryl methyl sites for hydroxylation is 1. The minimum absolute atomic E-state index is 0.229. The fourth-order valence-corrected chi connectivity index (χ4v) is 2.66. The molecule has 0 aliphatic carbocycles. The molecular formula is C18H19N3. The van der Waals surface area contributed by atoms with Crippen LogP contribution >= 0.6 is 0 Å². The van der Waals surface area contributed by atoms with Crippen molar-refractivity contribution in [2.75, 3.05) is 7.05 Å². The summed E-state index contributed by atoms with van der Waals surface area (Å²) in [5.41, 5.74) is 4.44. The molecule has 0 aliphatic heterocycles. The van der Waals surface area contributed by atoms with E-state index >= 15 is 0 Å².